The summed E-state index contributed by atoms with van der Waals surface area (Å²) in [5.74, 6) is -2.92. The Labute approximate surface area is 151 Å². The Balaban J connectivity index is 1.94. The lowest BCUT2D eigenvalue weighted by atomic mass is 10.1. The number of amides is 3. The third kappa shape index (κ3) is 3.25. The van der Waals surface area contributed by atoms with E-state index >= 15 is 0 Å². The summed E-state index contributed by atoms with van der Waals surface area (Å²) in [5.41, 5.74) is -0.956. The molecule has 2 N–H and O–H groups in total. The predicted molar refractivity (Wildman–Crippen MR) is 91.7 cm³/mol. The van der Waals surface area contributed by atoms with Crippen molar-refractivity contribution in [3.63, 3.8) is 0 Å². The highest BCUT2D eigenvalue weighted by Gasteiger charge is 2.26. The molecule has 1 saturated heterocycles. The summed E-state index contributed by atoms with van der Waals surface area (Å²) in [5, 5.41) is 4.76. The molecule has 0 unspecified atom stereocenters. The molecule has 2 heterocycles. The molecule has 0 bridgehead atoms. The molecule has 3 amide bonds. The molecule has 136 valence electrons. The molecule has 26 heavy (non-hydrogen) atoms. The van der Waals surface area contributed by atoms with E-state index in [0.717, 1.165) is 15.5 Å². The number of rotatable bonds is 3. The van der Waals surface area contributed by atoms with E-state index in [1.54, 1.807) is 0 Å². The smallest absolute Gasteiger partial charge is 0.322 e. The Bertz CT molecular complexity index is 950. The van der Waals surface area contributed by atoms with Gasteiger partial charge in [0.05, 0.1) is 16.9 Å². The maximum absolute atomic E-state index is 14.1. The molecular formula is C16H13ClF2N4O3. The van der Waals surface area contributed by atoms with Crippen molar-refractivity contribution in [2.75, 3.05) is 23.3 Å². The van der Waals surface area contributed by atoms with E-state index < -0.39 is 34.7 Å². The second-order valence-electron chi connectivity index (χ2n) is 5.61. The van der Waals surface area contributed by atoms with Crippen LogP contribution in [0.5, 0.6) is 0 Å². The van der Waals surface area contributed by atoms with Gasteiger partial charge in [-0.15, -0.1) is 0 Å². The maximum Gasteiger partial charge on any atom is 0.322 e. The highest BCUT2D eigenvalue weighted by Crippen LogP contribution is 2.25. The number of hydrogen-bond acceptors (Lipinski definition) is 3. The van der Waals surface area contributed by atoms with Gasteiger partial charge in [0, 0.05) is 32.4 Å². The van der Waals surface area contributed by atoms with Crippen LogP contribution in [0.25, 0.3) is 0 Å². The molecule has 1 aromatic carbocycles. The Kier molecular flexibility index (Phi) is 4.64. The van der Waals surface area contributed by atoms with Crippen LogP contribution in [0.3, 0.4) is 0 Å². The quantitative estimate of drug-likeness (QED) is 0.852. The molecule has 1 fully saturated rings. The largest absolute Gasteiger partial charge is 0.336 e. The maximum atomic E-state index is 14.1. The van der Waals surface area contributed by atoms with E-state index in [0.29, 0.717) is 12.6 Å². The molecule has 1 aromatic heterocycles. The van der Waals surface area contributed by atoms with E-state index in [4.69, 9.17) is 11.6 Å². The van der Waals surface area contributed by atoms with E-state index in [-0.39, 0.29) is 22.9 Å². The van der Waals surface area contributed by atoms with Gasteiger partial charge in [-0.3, -0.25) is 14.5 Å². The molecule has 1 aliphatic rings. The molecule has 0 aliphatic carbocycles. The lowest BCUT2D eigenvalue weighted by Crippen LogP contribution is -2.29. The zero-order chi connectivity index (χ0) is 19.0. The molecule has 2 aromatic rings. The van der Waals surface area contributed by atoms with Gasteiger partial charge in [-0.1, -0.05) is 11.6 Å². The van der Waals surface area contributed by atoms with Crippen LogP contribution >= 0.6 is 11.6 Å². The number of nitrogens with one attached hydrogen (secondary N) is 2. The predicted octanol–water partition coefficient (Wildman–Crippen LogP) is 2.10. The van der Waals surface area contributed by atoms with Crippen molar-refractivity contribution in [1.82, 2.24) is 9.88 Å². The second-order valence-corrected chi connectivity index (χ2v) is 6.02. The number of pyridine rings is 1. The first-order chi connectivity index (χ1) is 12.3. The molecule has 3 rings (SSSR count). The zero-order valence-electron chi connectivity index (χ0n) is 13.5. The van der Waals surface area contributed by atoms with E-state index in [1.807, 2.05) is 0 Å². The summed E-state index contributed by atoms with van der Waals surface area (Å²) in [6.07, 6.45) is 1.31. The fourth-order valence-electron chi connectivity index (χ4n) is 2.56. The first-order valence-corrected chi connectivity index (χ1v) is 7.87. The minimum absolute atomic E-state index is 0.126. The van der Waals surface area contributed by atoms with Gasteiger partial charge in [0.25, 0.3) is 11.5 Å². The lowest BCUT2D eigenvalue weighted by Gasteiger charge is -2.17. The number of anilines is 2. The molecule has 0 radical (unpaired) electrons. The van der Waals surface area contributed by atoms with Crippen molar-refractivity contribution in [3.05, 3.63) is 57.0 Å². The number of carbonyl (C=O) groups excluding carboxylic acids is 2. The number of carbonyl (C=O) groups is 2. The minimum Gasteiger partial charge on any atom is -0.336 e. The Morgan fingerprint density at radius 2 is 1.96 bits per heavy atom. The summed E-state index contributed by atoms with van der Waals surface area (Å²) in [4.78, 5) is 36.7. The van der Waals surface area contributed by atoms with Crippen LogP contribution in [0.15, 0.2) is 29.2 Å². The van der Waals surface area contributed by atoms with Crippen LogP contribution < -0.4 is 21.1 Å². The third-order valence-electron chi connectivity index (χ3n) is 3.83. The van der Waals surface area contributed by atoms with Crippen molar-refractivity contribution in [3.8, 4) is 0 Å². The highest BCUT2D eigenvalue weighted by atomic mass is 35.5. The van der Waals surface area contributed by atoms with Crippen LogP contribution in [0.4, 0.5) is 25.0 Å². The second kappa shape index (κ2) is 6.75. The van der Waals surface area contributed by atoms with Crippen molar-refractivity contribution in [1.29, 1.82) is 0 Å². The van der Waals surface area contributed by atoms with Gasteiger partial charge in [0.1, 0.15) is 16.7 Å². The van der Waals surface area contributed by atoms with Crippen LogP contribution in [0, 0.1) is 11.6 Å². The average Bonchev–Trinajstić information content (AvgIpc) is 2.98. The third-order valence-corrected chi connectivity index (χ3v) is 4.10. The molecule has 0 saturated carbocycles. The van der Waals surface area contributed by atoms with Crippen LogP contribution in [0.2, 0.25) is 5.02 Å². The SMILES string of the molecule is Cn1cc(NC(=O)c2cc(N3CCNC3=O)c(F)cc2F)cc(Cl)c1=O. The summed E-state index contributed by atoms with van der Waals surface area (Å²) >= 11 is 5.77. The molecule has 10 heteroatoms. The van der Waals surface area contributed by atoms with Gasteiger partial charge < -0.3 is 15.2 Å². The Morgan fingerprint density at radius 3 is 2.58 bits per heavy atom. The molecule has 0 atom stereocenters. The van der Waals surface area contributed by atoms with Gasteiger partial charge in [0.2, 0.25) is 0 Å². The van der Waals surface area contributed by atoms with E-state index in [1.165, 1.54) is 19.3 Å². The molecular weight excluding hydrogens is 370 g/mol. The van der Waals surface area contributed by atoms with Crippen LogP contribution in [-0.2, 0) is 7.05 Å². The number of benzene rings is 1. The molecule has 1 aliphatic heterocycles. The highest BCUT2D eigenvalue weighted by molar-refractivity contribution is 6.30. The fraction of sp³-hybridized carbons (Fsp3) is 0.188. The van der Waals surface area contributed by atoms with Gasteiger partial charge in [-0.2, -0.15) is 0 Å². The van der Waals surface area contributed by atoms with Gasteiger partial charge in [-0.25, -0.2) is 13.6 Å². The van der Waals surface area contributed by atoms with Crippen molar-refractivity contribution < 1.29 is 18.4 Å². The fourth-order valence-corrected chi connectivity index (χ4v) is 2.81. The first-order valence-electron chi connectivity index (χ1n) is 7.50. The molecule has 0 spiro atoms. The average molecular weight is 383 g/mol. The minimum atomic E-state index is -1.08. The van der Waals surface area contributed by atoms with Gasteiger partial charge in [-0.05, 0) is 12.1 Å². The van der Waals surface area contributed by atoms with Crippen LogP contribution in [-0.4, -0.2) is 29.6 Å². The zero-order valence-corrected chi connectivity index (χ0v) is 14.2. The summed E-state index contributed by atoms with van der Waals surface area (Å²) in [7, 11) is 1.44. The molecule has 7 nitrogen and oxygen atoms in total. The van der Waals surface area contributed by atoms with E-state index in [9.17, 15) is 23.2 Å². The van der Waals surface area contributed by atoms with Crippen molar-refractivity contribution >= 4 is 34.9 Å². The Hall–Kier alpha value is -2.94. The standard InChI is InChI=1S/C16H13ClF2N4O3/c1-22-7-8(4-10(17)15(22)25)21-14(24)9-5-13(12(19)6-11(9)18)23-3-2-20-16(23)26/h4-7H,2-3H2,1H3,(H,20,26)(H,21,24). The topological polar surface area (TPSA) is 83.4 Å². The van der Waals surface area contributed by atoms with Gasteiger partial charge >= 0.3 is 6.03 Å². The van der Waals surface area contributed by atoms with Crippen molar-refractivity contribution in [2.24, 2.45) is 7.05 Å². The number of nitrogens with zero attached hydrogens (tertiary/aromatic N) is 2. The number of hydrogen-bond donors (Lipinski definition) is 2. The number of urea groups is 1. The normalized spacial score (nSPS) is 13.7. The summed E-state index contributed by atoms with van der Waals surface area (Å²) in [6, 6.07) is 2.20. The summed E-state index contributed by atoms with van der Waals surface area (Å²) < 4.78 is 29.3. The number of aromatic nitrogens is 1. The van der Waals surface area contributed by atoms with E-state index in [2.05, 4.69) is 10.6 Å². The first kappa shape index (κ1) is 17.9. The summed E-state index contributed by atoms with van der Waals surface area (Å²) in [6.45, 7) is 0.507. The number of aryl methyl sites for hydroxylation is 1. The van der Waals surface area contributed by atoms with Gasteiger partial charge in [0.15, 0.2) is 0 Å². The number of halogens is 3. The van der Waals surface area contributed by atoms with Crippen molar-refractivity contribution in [2.45, 2.75) is 0 Å². The Morgan fingerprint density at radius 1 is 1.23 bits per heavy atom. The monoisotopic (exact) mass is 382 g/mol. The van der Waals surface area contributed by atoms with Crippen LogP contribution in [0.1, 0.15) is 10.4 Å². The lowest BCUT2D eigenvalue weighted by molar-refractivity contribution is 0.102.